The van der Waals surface area contributed by atoms with E-state index in [4.69, 9.17) is 9.90 Å². The number of halogens is 3. The lowest BCUT2D eigenvalue weighted by molar-refractivity contribution is -0.192. The highest BCUT2D eigenvalue weighted by atomic mass is 19.4. The van der Waals surface area contributed by atoms with Crippen molar-refractivity contribution in [3.05, 3.63) is 77.2 Å². The first-order valence-electron chi connectivity index (χ1n) is 11.6. The molecule has 1 unspecified atom stereocenters. The van der Waals surface area contributed by atoms with E-state index in [2.05, 4.69) is 32.7 Å². The highest BCUT2D eigenvalue weighted by Crippen LogP contribution is 2.34. The van der Waals surface area contributed by atoms with Gasteiger partial charge in [0.15, 0.2) is 5.78 Å². The van der Waals surface area contributed by atoms with E-state index in [1.807, 2.05) is 37.4 Å². The van der Waals surface area contributed by atoms with E-state index < -0.39 is 12.1 Å². The fourth-order valence-electron chi connectivity index (χ4n) is 4.11. The molecule has 1 aromatic carbocycles. The third kappa shape index (κ3) is 7.50. The number of carboxylic acid groups (broad SMARTS) is 1. The Labute approximate surface area is 211 Å². The van der Waals surface area contributed by atoms with Crippen LogP contribution in [0, 0.1) is 0 Å². The molecule has 2 aromatic heterocycles. The van der Waals surface area contributed by atoms with Crippen LogP contribution in [-0.4, -0.2) is 58.5 Å². The standard InChI is InChI=1S/C24H26N4O2.C2HF3O2/c1-25-10-9-22(30)27-18-14-20-23(21(29)15-18)19(13-16-5-3-2-4-6-16)24(28-20)17-7-11-26-12-8-17;3-2(4,5)1(6)7/h2-8,11-12,18,25,28H,9-10,13-15H2,1H3,(H,27,30);(H,6,7). The number of Topliss-reactive ketones (excluding diaryl/α,β-unsaturated/α-hetero) is 1. The molecule has 3 aromatic rings. The smallest absolute Gasteiger partial charge is 0.475 e. The first kappa shape index (κ1) is 27.6. The molecule has 0 radical (unpaired) electrons. The van der Waals surface area contributed by atoms with Crippen molar-refractivity contribution in [2.75, 3.05) is 13.6 Å². The highest BCUT2D eigenvalue weighted by molar-refractivity contribution is 6.02. The quantitative estimate of drug-likeness (QED) is 0.381. The zero-order chi connectivity index (χ0) is 27.0. The molecule has 1 atom stereocenters. The van der Waals surface area contributed by atoms with Crippen LogP contribution in [0.5, 0.6) is 0 Å². The molecule has 1 aliphatic rings. The Morgan fingerprint density at radius 3 is 2.35 bits per heavy atom. The van der Waals surface area contributed by atoms with Gasteiger partial charge in [0.25, 0.3) is 0 Å². The normalized spacial score (nSPS) is 14.8. The number of carboxylic acids is 1. The van der Waals surface area contributed by atoms with Gasteiger partial charge in [-0.05, 0) is 30.3 Å². The van der Waals surface area contributed by atoms with Crippen LogP contribution in [0.25, 0.3) is 11.3 Å². The topological polar surface area (TPSA) is 124 Å². The molecule has 0 saturated heterocycles. The van der Waals surface area contributed by atoms with Gasteiger partial charge in [-0.3, -0.25) is 14.6 Å². The monoisotopic (exact) mass is 516 g/mol. The molecule has 8 nitrogen and oxygen atoms in total. The van der Waals surface area contributed by atoms with Gasteiger partial charge in [0.1, 0.15) is 0 Å². The lowest BCUT2D eigenvalue weighted by Crippen LogP contribution is -2.41. The lowest BCUT2D eigenvalue weighted by Gasteiger charge is -2.23. The van der Waals surface area contributed by atoms with Gasteiger partial charge < -0.3 is 20.7 Å². The minimum absolute atomic E-state index is 0.0315. The van der Waals surface area contributed by atoms with E-state index in [0.717, 1.165) is 33.6 Å². The summed E-state index contributed by atoms with van der Waals surface area (Å²) >= 11 is 0. The number of ketones is 1. The van der Waals surface area contributed by atoms with E-state index in [1.54, 1.807) is 12.4 Å². The maximum Gasteiger partial charge on any atom is 0.490 e. The predicted octanol–water partition coefficient (Wildman–Crippen LogP) is 3.52. The summed E-state index contributed by atoms with van der Waals surface area (Å²) in [5, 5.41) is 13.1. The van der Waals surface area contributed by atoms with E-state index in [-0.39, 0.29) is 17.7 Å². The number of carbonyl (C=O) groups is 3. The number of pyridine rings is 1. The molecular weight excluding hydrogens is 489 g/mol. The molecule has 1 amide bonds. The zero-order valence-electron chi connectivity index (χ0n) is 20.1. The van der Waals surface area contributed by atoms with Gasteiger partial charge in [-0.15, -0.1) is 0 Å². The van der Waals surface area contributed by atoms with Crippen molar-refractivity contribution in [3.8, 4) is 11.3 Å². The van der Waals surface area contributed by atoms with Crippen LogP contribution >= 0.6 is 0 Å². The number of alkyl halides is 3. The van der Waals surface area contributed by atoms with Gasteiger partial charge in [-0.25, -0.2) is 4.79 Å². The average Bonchev–Trinajstić information content (AvgIpc) is 3.22. The van der Waals surface area contributed by atoms with Gasteiger partial charge in [-0.2, -0.15) is 13.2 Å². The summed E-state index contributed by atoms with van der Waals surface area (Å²) in [6.45, 7) is 0.619. The van der Waals surface area contributed by atoms with Gasteiger partial charge in [0.05, 0.1) is 5.69 Å². The maximum absolute atomic E-state index is 13.2. The fourth-order valence-corrected chi connectivity index (χ4v) is 4.11. The molecule has 196 valence electrons. The Morgan fingerprint density at radius 2 is 1.76 bits per heavy atom. The second kappa shape index (κ2) is 12.3. The van der Waals surface area contributed by atoms with Crippen molar-refractivity contribution in [3.63, 3.8) is 0 Å². The summed E-state index contributed by atoms with van der Waals surface area (Å²) < 4.78 is 31.7. The minimum atomic E-state index is -5.08. The molecule has 0 fully saturated rings. The van der Waals surface area contributed by atoms with Crippen LogP contribution in [0.4, 0.5) is 13.2 Å². The molecular formula is C26H27F3N4O4. The summed E-state index contributed by atoms with van der Waals surface area (Å²) in [5.41, 5.74) is 5.83. The fraction of sp³-hybridized carbons (Fsp3) is 0.308. The second-order valence-corrected chi connectivity index (χ2v) is 8.48. The molecule has 0 bridgehead atoms. The van der Waals surface area contributed by atoms with Crippen molar-refractivity contribution in [1.82, 2.24) is 20.6 Å². The van der Waals surface area contributed by atoms with Crippen LogP contribution in [-0.2, 0) is 22.4 Å². The molecule has 4 rings (SSSR count). The van der Waals surface area contributed by atoms with Crippen LogP contribution in [0.15, 0.2) is 54.9 Å². The number of rotatable bonds is 7. The Hall–Kier alpha value is -3.99. The van der Waals surface area contributed by atoms with E-state index in [1.165, 1.54) is 0 Å². The number of carbonyl (C=O) groups excluding carboxylic acids is 2. The number of benzene rings is 1. The SMILES string of the molecule is CNCCC(=O)NC1CC(=O)c2c([nH]c(-c3ccncc3)c2Cc2ccccc2)C1.O=C(O)C(F)(F)F. The van der Waals surface area contributed by atoms with Gasteiger partial charge in [-0.1, -0.05) is 30.3 Å². The van der Waals surface area contributed by atoms with Gasteiger partial charge in [0, 0.05) is 67.5 Å². The lowest BCUT2D eigenvalue weighted by atomic mass is 9.87. The van der Waals surface area contributed by atoms with Crippen molar-refractivity contribution < 1.29 is 32.7 Å². The number of H-pyrrole nitrogens is 1. The Kier molecular flexibility index (Phi) is 9.18. The number of nitrogens with zero attached hydrogens (tertiary/aromatic N) is 1. The number of aromatic nitrogens is 2. The van der Waals surface area contributed by atoms with E-state index in [9.17, 15) is 22.8 Å². The third-order valence-electron chi connectivity index (χ3n) is 5.74. The molecule has 37 heavy (non-hydrogen) atoms. The molecule has 2 heterocycles. The first-order valence-corrected chi connectivity index (χ1v) is 11.6. The average molecular weight is 517 g/mol. The summed E-state index contributed by atoms with van der Waals surface area (Å²) in [4.78, 5) is 41.8. The molecule has 0 saturated carbocycles. The van der Waals surface area contributed by atoms with Gasteiger partial charge >= 0.3 is 12.1 Å². The molecule has 0 spiro atoms. The largest absolute Gasteiger partial charge is 0.490 e. The van der Waals surface area contributed by atoms with E-state index >= 15 is 0 Å². The van der Waals surface area contributed by atoms with Crippen molar-refractivity contribution in [2.24, 2.45) is 0 Å². The van der Waals surface area contributed by atoms with Crippen molar-refractivity contribution in [1.29, 1.82) is 0 Å². The third-order valence-corrected chi connectivity index (χ3v) is 5.74. The molecule has 4 N–H and O–H groups in total. The minimum Gasteiger partial charge on any atom is -0.475 e. The number of aliphatic carboxylic acids is 1. The number of nitrogens with one attached hydrogen (secondary N) is 3. The number of amides is 1. The summed E-state index contributed by atoms with van der Waals surface area (Å²) in [6.07, 6.45) is 0.463. The summed E-state index contributed by atoms with van der Waals surface area (Å²) in [6, 6.07) is 13.9. The second-order valence-electron chi connectivity index (χ2n) is 8.48. The maximum atomic E-state index is 13.2. The molecule has 11 heteroatoms. The van der Waals surface area contributed by atoms with Crippen molar-refractivity contribution >= 4 is 17.7 Å². The number of hydrogen-bond acceptors (Lipinski definition) is 5. The van der Waals surface area contributed by atoms with Crippen LogP contribution in [0.1, 0.15) is 40.0 Å². The van der Waals surface area contributed by atoms with Crippen molar-refractivity contribution in [2.45, 2.75) is 37.9 Å². The summed E-state index contributed by atoms with van der Waals surface area (Å²) in [5.74, 6) is -2.71. The number of fused-ring (bicyclic) bond motifs is 1. The van der Waals surface area contributed by atoms with E-state index in [0.29, 0.717) is 32.2 Å². The van der Waals surface area contributed by atoms with Crippen LogP contribution < -0.4 is 10.6 Å². The highest BCUT2D eigenvalue weighted by Gasteiger charge is 2.38. The van der Waals surface area contributed by atoms with Crippen LogP contribution in [0.3, 0.4) is 0 Å². The Bertz CT molecular complexity index is 1230. The molecule has 0 aliphatic heterocycles. The summed E-state index contributed by atoms with van der Waals surface area (Å²) in [7, 11) is 1.82. The van der Waals surface area contributed by atoms with Gasteiger partial charge in [0.2, 0.25) is 5.91 Å². The number of aromatic amines is 1. The molecule has 1 aliphatic carbocycles. The Balaban J connectivity index is 0.000000479. The zero-order valence-corrected chi connectivity index (χ0v) is 20.1. The first-order chi connectivity index (χ1) is 17.6. The Morgan fingerprint density at radius 1 is 1.11 bits per heavy atom. The predicted molar refractivity (Wildman–Crippen MR) is 130 cm³/mol. The van der Waals surface area contributed by atoms with Crippen LogP contribution in [0.2, 0.25) is 0 Å². The number of hydrogen-bond donors (Lipinski definition) is 4.